The van der Waals surface area contributed by atoms with E-state index in [0.717, 1.165) is 10.8 Å². The van der Waals surface area contributed by atoms with Gasteiger partial charge in [-0.3, -0.25) is 0 Å². The van der Waals surface area contributed by atoms with Gasteiger partial charge in [0.2, 0.25) is 10.0 Å². The summed E-state index contributed by atoms with van der Waals surface area (Å²) in [5.41, 5.74) is 1.03. The molecule has 0 saturated heterocycles. The summed E-state index contributed by atoms with van der Waals surface area (Å²) in [6.45, 7) is 8.23. The van der Waals surface area contributed by atoms with Crippen LogP contribution >= 0.6 is 11.8 Å². The molecule has 0 spiro atoms. The first-order valence-corrected chi connectivity index (χ1v) is 9.01. The molecule has 1 aliphatic rings. The van der Waals surface area contributed by atoms with Gasteiger partial charge in [0.05, 0.1) is 16.2 Å². The number of hydrogen-bond donors (Lipinski definition) is 1. The smallest absolute Gasteiger partial charge is 0.207 e. The van der Waals surface area contributed by atoms with Crippen molar-refractivity contribution in [3.8, 4) is 0 Å². The van der Waals surface area contributed by atoms with Crippen molar-refractivity contribution in [2.75, 3.05) is 0 Å². The van der Waals surface area contributed by atoms with Crippen LogP contribution in [0.3, 0.4) is 0 Å². The number of sulfonamides is 1. The molecule has 21 heavy (non-hydrogen) atoms. The van der Waals surface area contributed by atoms with Crippen molar-refractivity contribution in [3.05, 3.63) is 60.4 Å². The van der Waals surface area contributed by atoms with Crippen LogP contribution in [-0.2, 0) is 10.0 Å². The van der Waals surface area contributed by atoms with E-state index >= 15 is 0 Å². The van der Waals surface area contributed by atoms with Crippen LogP contribution in [0.1, 0.15) is 26.3 Å². The topological polar surface area (TPSA) is 46.2 Å². The van der Waals surface area contributed by atoms with Crippen LogP contribution in [-0.4, -0.2) is 13.2 Å². The highest BCUT2D eigenvalue weighted by Gasteiger charge is 2.36. The first-order chi connectivity index (χ1) is 9.67. The Labute approximate surface area is 133 Å². The second kappa shape index (κ2) is 6.31. The van der Waals surface area contributed by atoms with Crippen LogP contribution in [0.5, 0.6) is 0 Å². The van der Waals surface area contributed by atoms with Gasteiger partial charge in [0, 0.05) is 4.75 Å². The summed E-state index contributed by atoms with van der Waals surface area (Å²) >= 11 is 1.65. The monoisotopic (exact) mass is 322 g/mol. The molecule has 0 heterocycles. The largest absolute Gasteiger partial charge is 0.241 e. The van der Waals surface area contributed by atoms with Crippen molar-refractivity contribution in [2.24, 2.45) is 0 Å². The number of thioether (sulfide) groups is 1. The quantitative estimate of drug-likeness (QED) is 0.923. The number of aryl methyl sites for hydroxylation is 1. The lowest BCUT2D eigenvalue weighted by atomic mass is 10.2. The van der Waals surface area contributed by atoms with Crippen LogP contribution < -0.4 is 4.72 Å². The molecule has 2 rings (SSSR count). The Morgan fingerprint density at radius 1 is 1.05 bits per heavy atom. The third-order valence-electron chi connectivity index (χ3n) is 2.77. The Hall–Kier alpha value is -0.520. The Kier molecular flexibility index (Phi) is 5.06. The molecule has 1 aromatic carbocycles. The van der Waals surface area contributed by atoms with Crippen molar-refractivity contribution in [2.45, 2.75) is 37.3 Å². The molecule has 1 saturated carbocycles. The second-order valence-corrected chi connectivity index (χ2v) is 9.49. The van der Waals surface area contributed by atoms with Gasteiger partial charge in [-0.25, -0.2) is 13.1 Å². The van der Waals surface area contributed by atoms with E-state index in [0.29, 0.717) is 6.04 Å². The summed E-state index contributed by atoms with van der Waals surface area (Å²) in [4.78, 5) is 0.279. The predicted molar refractivity (Wildman–Crippen MR) is 88.2 cm³/mol. The normalized spacial score (nSPS) is 18.3. The van der Waals surface area contributed by atoms with Crippen molar-refractivity contribution < 1.29 is 8.42 Å². The fraction of sp³-hybridized carbons (Fsp3) is 0.312. The Morgan fingerprint density at radius 2 is 1.67 bits per heavy atom. The van der Waals surface area contributed by atoms with E-state index in [2.05, 4.69) is 25.5 Å². The molecule has 0 amide bonds. The van der Waals surface area contributed by atoms with E-state index in [4.69, 9.17) is 0 Å². The minimum absolute atomic E-state index is 0.0262. The molecule has 0 bridgehead atoms. The van der Waals surface area contributed by atoms with Crippen LogP contribution in [0.4, 0.5) is 0 Å². The molecular formula is C16H20NO2S2. The highest BCUT2D eigenvalue weighted by molar-refractivity contribution is 8.03. The number of hydrogen-bond acceptors (Lipinski definition) is 3. The van der Waals surface area contributed by atoms with Crippen molar-refractivity contribution in [1.82, 2.24) is 4.72 Å². The molecule has 1 aromatic rings. The Bertz CT molecular complexity index is 573. The van der Waals surface area contributed by atoms with Gasteiger partial charge >= 0.3 is 0 Å². The van der Waals surface area contributed by atoms with Gasteiger partial charge in [-0.2, -0.15) is 0 Å². The van der Waals surface area contributed by atoms with Crippen LogP contribution in [0.2, 0.25) is 0 Å². The zero-order valence-corrected chi connectivity index (χ0v) is 14.3. The van der Waals surface area contributed by atoms with Gasteiger partial charge in [-0.15, -0.1) is 11.8 Å². The van der Waals surface area contributed by atoms with Crippen molar-refractivity contribution >= 4 is 21.8 Å². The maximum Gasteiger partial charge on any atom is 0.241 e. The molecule has 1 aliphatic carbocycles. The standard InChI is InChI=1S/C16H20NO2S2/c1-12-8-10-13(11-9-12)21(18,19)17-14-6-5-7-15(14)20-16(2,3)4/h5-11,17H,1-4H3. The molecule has 113 valence electrons. The molecule has 0 atom stereocenters. The first-order valence-electron chi connectivity index (χ1n) is 6.72. The van der Waals surface area contributed by atoms with Crippen molar-refractivity contribution in [1.29, 1.82) is 0 Å². The SMILES string of the molecule is Cc1ccc(S(=O)(=O)N[C]2[CH][CH][CH][C]2SC(C)(C)C)cc1. The molecule has 3 nitrogen and oxygen atoms in total. The summed E-state index contributed by atoms with van der Waals surface area (Å²) in [6, 6.07) is 7.47. The minimum atomic E-state index is -3.54. The molecule has 0 aliphatic heterocycles. The molecule has 0 aromatic heterocycles. The zero-order valence-electron chi connectivity index (χ0n) is 12.7. The highest BCUT2D eigenvalue weighted by atomic mass is 32.2. The summed E-state index contributed by atoms with van der Waals surface area (Å²) in [5.74, 6) is 0. The van der Waals surface area contributed by atoms with Gasteiger partial charge in [0.1, 0.15) is 0 Å². The summed E-state index contributed by atoms with van der Waals surface area (Å²) in [7, 11) is -3.54. The molecule has 0 unspecified atom stereocenters. The van der Waals surface area contributed by atoms with Crippen LogP contribution in [0.25, 0.3) is 0 Å². The Balaban J connectivity index is 2.10. The second-order valence-electron chi connectivity index (χ2n) is 5.94. The van der Waals surface area contributed by atoms with E-state index in [1.165, 1.54) is 0 Å². The highest BCUT2D eigenvalue weighted by Crippen LogP contribution is 2.46. The number of benzene rings is 1. The third-order valence-corrected chi connectivity index (χ3v) is 5.34. The van der Waals surface area contributed by atoms with E-state index < -0.39 is 10.0 Å². The van der Waals surface area contributed by atoms with E-state index in [1.54, 1.807) is 42.4 Å². The molecular weight excluding hydrogens is 302 g/mol. The summed E-state index contributed by atoms with van der Waals surface area (Å²) < 4.78 is 27.5. The van der Waals surface area contributed by atoms with E-state index in [9.17, 15) is 8.42 Å². The van der Waals surface area contributed by atoms with Crippen LogP contribution in [0, 0.1) is 37.5 Å². The van der Waals surface area contributed by atoms with Gasteiger partial charge in [-0.1, -0.05) is 38.5 Å². The predicted octanol–water partition coefficient (Wildman–Crippen LogP) is 3.50. The number of nitrogens with one attached hydrogen (secondary N) is 1. The summed E-state index contributed by atoms with van der Waals surface area (Å²) in [6.07, 6.45) is 5.59. The maximum atomic E-state index is 12.4. The minimum Gasteiger partial charge on any atom is -0.207 e. The molecule has 1 fully saturated rings. The lowest BCUT2D eigenvalue weighted by Crippen LogP contribution is -2.30. The lowest BCUT2D eigenvalue weighted by Gasteiger charge is -2.26. The van der Waals surface area contributed by atoms with Gasteiger partial charge < -0.3 is 0 Å². The summed E-state index contributed by atoms with van der Waals surface area (Å²) in [5, 5.41) is 0.943. The first kappa shape index (κ1) is 16.8. The average molecular weight is 322 g/mol. The van der Waals surface area contributed by atoms with Crippen LogP contribution in [0.15, 0.2) is 29.2 Å². The van der Waals surface area contributed by atoms with Gasteiger partial charge in [0.15, 0.2) is 0 Å². The lowest BCUT2D eigenvalue weighted by molar-refractivity contribution is 0.585. The Morgan fingerprint density at radius 3 is 2.24 bits per heavy atom. The fourth-order valence-corrected chi connectivity index (χ4v) is 4.01. The molecule has 5 radical (unpaired) electrons. The van der Waals surface area contributed by atoms with Gasteiger partial charge in [-0.05, 0) is 38.3 Å². The van der Waals surface area contributed by atoms with Gasteiger partial charge in [0.25, 0.3) is 0 Å². The molecule has 5 heteroatoms. The third kappa shape index (κ3) is 4.73. The van der Waals surface area contributed by atoms with E-state index in [-0.39, 0.29) is 9.64 Å². The van der Waals surface area contributed by atoms with E-state index in [1.807, 2.05) is 19.8 Å². The maximum absolute atomic E-state index is 12.4. The number of rotatable bonds is 4. The fourth-order valence-electron chi connectivity index (χ4n) is 1.83. The molecule has 1 N–H and O–H groups in total. The van der Waals surface area contributed by atoms with Crippen molar-refractivity contribution in [3.63, 3.8) is 0 Å². The average Bonchev–Trinajstić information content (AvgIpc) is 2.74. The zero-order chi connectivity index (χ0) is 15.7.